The minimum Gasteiger partial charge on any atom is -0.265 e. The first-order valence-electron chi connectivity index (χ1n) is 7.08. The Morgan fingerprint density at radius 3 is 2.78 bits per heavy atom. The van der Waals surface area contributed by atoms with Crippen LogP contribution in [-0.2, 0) is 0 Å². The van der Waals surface area contributed by atoms with Crippen molar-refractivity contribution in [2.24, 2.45) is 11.8 Å². The van der Waals surface area contributed by atoms with Gasteiger partial charge in [-0.15, -0.1) is 0 Å². The van der Waals surface area contributed by atoms with Crippen LogP contribution in [0.4, 0.5) is 0 Å². The molecule has 3 atom stereocenters. The SMILES string of the molecule is CCCC1CCC(C#N)C(n2nc(C)cc2C)C1. The summed E-state index contributed by atoms with van der Waals surface area (Å²) in [4.78, 5) is 0. The number of hydrogen-bond acceptors (Lipinski definition) is 2. The van der Waals surface area contributed by atoms with Crippen LogP contribution >= 0.6 is 0 Å². The molecule has 3 unspecified atom stereocenters. The van der Waals surface area contributed by atoms with Crippen molar-refractivity contribution in [3.8, 4) is 6.07 Å². The molecule has 1 aromatic heterocycles. The van der Waals surface area contributed by atoms with Gasteiger partial charge in [0.15, 0.2) is 0 Å². The zero-order valence-corrected chi connectivity index (χ0v) is 11.7. The molecule has 0 amide bonds. The van der Waals surface area contributed by atoms with E-state index in [1.165, 1.54) is 25.0 Å². The zero-order valence-electron chi connectivity index (χ0n) is 11.7. The van der Waals surface area contributed by atoms with Crippen molar-refractivity contribution in [3.63, 3.8) is 0 Å². The first kappa shape index (κ1) is 13.1. The highest BCUT2D eigenvalue weighted by Gasteiger charge is 2.32. The topological polar surface area (TPSA) is 41.6 Å². The average Bonchev–Trinajstić information content (AvgIpc) is 2.69. The average molecular weight is 245 g/mol. The summed E-state index contributed by atoms with van der Waals surface area (Å²) in [6, 6.07) is 4.89. The normalized spacial score (nSPS) is 28.0. The van der Waals surface area contributed by atoms with Gasteiger partial charge in [0.2, 0.25) is 0 Å². The van der Waals surface area contributed by atoms with Crippen molar-refractivity contribution in [1.82, 2.24) is 9.78 Å². The van der Waals surface area contributed by atoms with Crippen molar-refractivity contribution >= 4 is 0 Å². The van der Waals surface area contributed by atoms with E-state index < -0.39 is 0 Å². The molecule has 1 fully saturated rings. The maximum absolute atomic E-state index is 9.35. The van der Waals surface area contributed by atoms with Gasteiger partial charge >= 0.3 is 0 Å². The molecule has 18 heavy (non-hydrogen) atoms. The van der Waals surface area contributed by atoms with Gasteiger partial charge in [-0.05, 0) is 45.1 Å². The highest BCUT2D eigenvalue weighted by Crippen LogP contribution is 2.39. The number of rotatable bonds is 3. The summed E-state index contributed by atoms with van der Waals surface area (Å²) >= 11 is 0. The summed E-state index contributed by atoms with van der Waals surface area (Å²) in [7, 11) is 0. The fraction of sp³-hybridized carbons (Fsp3) is 0.733. The van der Waals surface area contributed by atoms with E-state index in [4.69, 9.17) is 0 Å². The molecule has 2 rings (SSSR count). The van der Waals surface area contributed by atoms with E-state index in [-0.39, 0.29) is 12.0 Å². The fourth-order valence-electron chi connectivity index (χ4n) is 3.30. The maximum atomic E-state index is 9.35. The molecule has 1 aromatic rings. The van der Waals surface area contributed by atoms with Crippen LogP contribution in [0.3, 0.4) is 0 Å². The third kappa shape index (κ3) is 2.58. The van der Waals surface area contributed by atoms with Gasteiger partial charge in [0, 0.05) is 5.69 Å². The Morgan fingerprint density at radius 2 is 2.22 bits per heavy atom. The van der Waals surface area contributed by atoms with Gasteiger partial charge in [-0.3, -0.25) is 4.68 Å². The first-order chi connectivity index (χ1) is 8.65. The van der Waals surface area contributed by atoms with Crippen molar-refractivity contribution < 1.29 is 0 Å². The largest absolute Gasteiger partial charge is 0.265 e. The lowest BCUT2D eigenvalue weighted by Crippen LogP contribution is -2.28. The Morgan fingerprint density at radius 1 is 1.44 bits per heavy atom. The minimum absolute atomic E-state index is 0.135. The number of nitriles is 1. The van der Waals surface area contributed by atoms with Gasteiger partial charge in [0.05, 0.1) is 23.7 Å². The molecule has 3 heteroatoms. The molecule has 0 aliphatic heterocycles. The van der Waals surface area contributed by atoms with Gasteiger partial charge in [-0.2, -0.15) is 10.4 Å². The molecular formula is C15H23N3. The zero-order chi connectivity index (χ0) is 13.1. The quantitative estimate of drug-likeness (QED) is 0.813. The van der Waals surface area contributed by atoms with Gasteiger partial charge in [-0.1, -0.05) is 19.8 Å². The van der Waals surface area contributed by atoms with E-state index in [0.29, 0.717) is 0 Å². The lowest BCUT2D eigenvalue weighted by molar-refractivity contribution is 0.196. The summed E-state index contributed by atoms with van der Waals surface area (Å²) < 4.78 is 2.10. The molecule has 0 N–H and O–H groups in total. The van der Waals surface area contributed by atoms with Crippen LogP contribution in [-0.4, -0.2) is 9.78 Å². The van der Waals surface area contributed by atoms with Crippen molar-refractivity contribution in [2.45, 2.75) is 58.9 Å². The van der Waals surface area contributed by atoms with E-state index in [9.17, 15) is 5.26 Å². The number of hydrogen-bond donors (Lipinski definition) is 0. The summed E-state index contributed by atoms with van der Waals surface area (Å²) in [5, 5.41) is 13.9. The molecule has 0 saturated heterocycles. The Labute approximate surface area is 110 Å². The highest BCUT2D eigenvalue weighted by atomic mass is 15.3. The van der Waals surface area contributed by atoms with Crippen molar-refractivity contribution in [3.05, 3.63) is 17.5 Å². The van der Waals surface area contributed by atoms with Crippen LogP contribution in [0.5, 0.6) is 0 Å². The van der Waals surface area contributed by atoms with Crippen molar-refractivity contribution in [1.29, 1.82) is 5.26 Å². The summed E-state index contributed by atoms with van der Waals surface area (Å²) in [6.45, 7) is 6.36. The summed E-state index contributed by atoms with van der Waals surface area (Å²) in [6.07, 6.45) is 5.89. The van der Waals surface area contributed by atoms with Gasteiger partial charge < -0.3 is 0 Å². The molecule has 0 radical (unpaired) electrons. The predicted molar refractivity (Wildman–Crippen MR) is 72.1 cm³/mol. The fourth-order valence-corrected chi connectivity index (χ4v) is 3.30. The molecule has 1 heterocycles. The second kappa shape index (κ2) is 5.56. The second-order valence-corrected chi connectivity index (χ2v) is 5.64. The van der Waals surface area contributed by atoms with Gasteiger partial charge in [0.1, 0.15) is 0 Å². The Hall–Kier alpha value is -1.30. The first-order valence-corrected chi connectivity index (χ1v) is 7.08. The molecule has 0 spiro atoms. The molecule has 1 aliphatic rings. The van der Waals surface area contributed by atoms with Crippen LogP contribution in [0.15, 0.2) is 6.07 Å². The Bertz CT molecular complexity index is 441. The van der Waals surface area contributed by atoms with Gasteiger partial charge in [0.25, 0.3) is 0 Å². The van der Waals surface area contributed by atoms with Crippen LogP contribution in [0.25, 0.3) is 0 Å². The lowest BCUT2D eigenvalue weighted by Gasteiger charge is -2.33. The molecule has 1 aliphatic carbocycles. The van der Waals surface area contributed by atoms with Gasteiger partial charge in [-0.25, -0.2) is 0 Å². The van der Waals surface area contributed by atoms with E-state index in [0.717, 1.165) is 24.5 Å². The standard InChI is InChI=1S/C15H23N3/c1-4-5-13-6-7-14(10-16)15(9-13)18-12(3)8-11(2)17-18/h8,13-15H,4-7,9H2,1-3H3. The summed E-state index contributed by atoms with van der Waals surface area (Å²) in [5.41, 5.74) is 2.25. The molecular weight excluding hydrogens is 222 g/mol. The summed E-state index contributed by atoms with van der Waals surface area (Å²) in [5.74, 6) is 0.907. The molecule has 1 saturated carbocycles. The maximum Gasteiger partial charge on any atom is 0.0688 e. The Kier molecular flexibility index (Phi) is 4.06. The highest BCUT2D eigenvalue weighted by molar-refractivity contribution is 5.10. The van der Waals surface area contributed by atoms with Crippen LogP contribution in [0, 0.1) is 37.0 Å². The second-order valence-electron chi connectivity index (χ2n) is 5.64. The van der Waals surface area contributed by atoms with Crippen LogP contribution < -0.4 is 0 Å². The van der Waals surface area contributed by atoms with E-state index in [1.807, 2.05) is 6.92 Å². The number of aryl methyl sites for hydroxylation is 2. The molecule has 3 nitrogen and oxygen atoms in total. The van der Waals surface area contributed by atoms with Crippen LogP contribution in [0.1, 0.15) is 56.5 Å². The Balaban J connectivity index is 2.21. The molecule has 0 bridgehead atoms. The van der Waals surface area contributed by atoms with Crippen molar-refractivity contribution in [2.75, 3.05) is 0 Å². The third-order valence-electron chi connectivity index (χ3n) is 4.15. The van der Waals surface area contributed by atoms with E-state index >= 15 is 0 Å². The number of aromatic nitrogens is 2. The van der Waals surface area contributed by atoms with E-state index in [1.54, 1.807) is 0 Å². The number of nitrogens with zero attached hydrogens (tertiary/aromatic N) is 3. The predicted octanol–water partition coefficient (Wildman–Crippen LogP) is 3.78. The van der Waals surface area contributed by atoms with E-state index in [2.05, 4.69) is 35.8 Å². The van der Waals surface area contributed by atoms with Crippen LogP contribution in [0.2, 0.25) is 0 Å². The smallest absolute Gasteiger partial charge is 0.0688 e. The molecule has 0 aromatic carbocycles. The third-order valence-corrected chi connectivity index (χ3v) is 4.15. The minimum atomic E-state index is 0.135. The molecule has 98 valence electrons. The monoisotopic (exact) mass is 245 g/mol. The lowest BCUT2D eigenvalue weighted by atomic mass is 9.77.